The number of hydrogen-bond donors (Lipinski definition) is 4. The lowest BCUT2D eigenvalue weighted by molar-refractivity contribution is -0.155. The number of nitrogens with zero attached hydrogens (tertiary/aromatic N) is 2. The molecule has 170 valence electrons. The van der Waals surface area contributed by atoms with Gasteiger partial charge >= 0.3 is 11.9 Å². The third kappa shape index (κ3) is 10.2. The maximum absolute atomic E-state index is 12.8. The van der Waals surface area contributed by atoms with Gasteiger partial charge in [0.2, 0.25) is 5.91 Å². The molecule has 11 heteroatoms. The Morgan fingerprint density at radius 2 is 1.84 bits per heavy atom. The average Bonchev–Trinajstić information content (AvgIpc) is 2.73. The summed E-state index contributed by atoms with van der Waals surface area (Å²) in [5.74, 6) is -3.12. The molecule has 11 nitrogen and oxygen atoms in total. The number of carbonyl (C=O) groups is 4. The van der Waals surface area contributed by atoms with Gasteiger partial charge in [0.25, 0.3) is 0 Å². The van der Waals surface area contributed by atoms with Gasteiger partial charge in [0.15, 0.2) is 5.96 Å². The zero-order valence-corrected chi connectivity index (χ0v) is 17.5. The Balaban J connectivity index is 2.89. The van der Waals surface area contributed by atoms with E-state index in [-0.39, 0.29) is 38.3 Å². The molecule has 0 aliphatic heterocycles. The number of hydrogen-bond acceptors (Lipinski definition) is 7. The predicted molar refractivity (Wildman–Crippen MR) is 112 cm³/mol. The molecule has 1 aromatic carbocycles. The molecule has 0 spiro atoms. The summed E-state index contributed by atoms with van der Waals surface area (Å²) in [5, 5.41) is 10.6. The maximum atomic E-state index is 12.8. The van der Waals surface area contributed by atoms with Gasteiger partial charge in [0, 0.05) is 19.5 Å². The molecule has 31 heavy (non-hydrogen) atoms. The first-order chi connectivity index (χ1) is 14.7. The lowest BCUT2D eigenvalue weighted by Crippen LogP contribution is -2.53. The van der Waals surface area contributed by atoms with Gasteiger partial charge in [0.1, 0.15) is 11.8 Å². The number of aliphatic carboxylic acids is 1. The molecule has 0 heterocycles. The molecule has 1 amide bonds. The first-order valence-corrected chi connectivity index (χ1v) is 9.70. The van der Waals surface area contributed by atoms with Crippen molar-refractivity contribution < 1.29 is 29.0 Å². The van der Waals surface area contributed by atoms with E-state index in [1.54, 1.807) is 0 Å². The van der Waals surface area contributed by atoms with E-state index in [4.69, 9.17) is 11.5 Å². The number of carboxylic acid groups (broad SMARTS) is 1. The van der Waals surface area contributed by atoms with Crippen LogP contribution in [0.2, 0.25) is 0 Å². The number of ketones is 1. The largest absolute Gasteiger partial charge is 0.480 e. The van der Waals surface area contributed by atoms with Crippen molar-refractivity contribution in [2.75, 3.05) is 13.7 Å². The van der Waals surface area contributed by atoms with Gasteiger partial charge in [-0.3, -0.25) is 24.4 Å². The highest BCUT2D eigenvalue weighted by Gasteiger charge is 2.30. The van der Waals surface area contributed by atoms with Gasteiger partial charge in [-0.15, -0.1) is 0 Å². The van der Waals surface area contributed by atoms with Crippen LogP contribution in [-0.4, -0.2) is 59.4 Å². The molecule has 0 fully saturated rings. The predicted octanol–water partition coefficient (Wildman–Crippen LogP) is -0.0610. The number of rotatable bonds is 14. The number of Topliss-reactive ketones (excluding diaryl/α,β-unsaturated/α-hetero) is 1. The van der Waals surface area contributed by atoms with Gasteiger partial charge in [-0.1, -0.05) is 30.3 Å². The SMILES string of the molecule is COC(=O)CCC(=O)CC(=O)N(NCc1ccccc1)[C@@H](CCCN=C(N)N)C(=O)O. The summed E-state index contributed by atoms with van der Waals surface area (Å²) in [4.78, 5) is 51.7. The van der Waals surface area contributed by atoms with Crippen LogP contribution >= 0.6 is 0 Å². The van der Waals surface area contributed by atoms with Crippen molar-refractivity contribution in [3.63, 3.8) is 0 Å². The van der Waals surface area contributed by atoms with Crippen LogP contribution in [0, 0.1) is 0 Å². The van der Waals surface area contributed by atoms with Gasteiger partial charge in [-0.05, 0) is 18.4 Å². The molecule has 0 saturated heterocycles. The number of aliphatic imine (C=N–C) groups is 1. The highest BCUT2D eigenvalue weighted by molar-refractivity contribution is 5.99. The van der Waals surface area contributed by atoms with Crippen LogP contribution in [0.5, 0.6) is 0 Å². The van der Waals surface area contributed by atoms with Crippen molar-refractivity contribution in [1.82, 2.24) is 10.4 Å². The summed E-state index contributed by atoms with van der Waals surface area (Å²) in [6, 6.07) is 7.83. The molecule has 1 atom stereocenters. The molecule has 1 aromatic rings. The monoisotopic (exact) mass is 435 g/mol. The number of carbonyl (C=O) groups excluding carboxylic acids is 3. The minimum Gasteiger partial charge on any atom is -0.480 e. The molecule has 1 rings (SSSR count). The van der Waals surface area contributed by atoms with Crippen LogP contribution in [0.25, 0.3) is 0 Å². The van der Waals surface area contributed by atoms with Crippen LogP contribution < -0.4 is 16.9 Å². The maximum Gasteiger partial charge on any atom is 0.328 e. The lowest BCUT2D eigenvalue weighted by Gasteiger charge is -2.29. The van der Waals surface area contributed by atoms with Crippen LogP contribution in [0.4, 0.5) is 0 Å². The summed E-state index contributed by atoms with van der Waals surface area (Å²) in [6.45, 7) is 0.380. The number of esters is 1. The third-order valence-electron chi connectivity index (χ3n) is 4.28. The molecular weight excluding hydrogens is 406 g/mol. The van der Waals surface area contributed by atoms with Gasteiger partial charge < -0.3 is 21.3 Å². The van der Waals surface area contributed by atoms with E-state index >= 15 is 0 Å². The summed E-state index contributed by atoms with van der Waals surface area (Å²) in [6.07, 6.45) is -0.498. The number of methoxy groups -OCH3 is 1. The molecular formula is C20H29N5O6. The molecule has 0 unspecified atom stereocenters. The summed E-state index contributed by atoms with van der Waals surface area (Å²) in [7, 11) is 1.20. The fourth-order valence-corrected chi connectivity index (χ4v) is 2.69. The highest BCUT2D eigenvalue weighted by atomic mass is 16.5. The molecule has 0 aromatic heterocycles. The van der Waals surface area contributed by atoms with Gasteiger partial charge in [-0.25, -0.2) is 10.2 Å². The standard InChI is InChI=1S/C20H29N5O6/c1-31-18(28)10-9-15(26)12-17(27)25(24-13-14-6-3-2-4-7-14)16(19(29)30)8-5-11-23-20(21)22/h2-4,6-7,16,24H,5,8-13H2,1H3,(H,29,30)(H4,21,22,23)/t16-/m0/s1. The molecule has 0 radical (unpaired) electrons. The van der Waals surface area contributed by atoms with E-state index in [1.807, 2.05) is 30.3 Å². The van der Waals surface area contributed by atoms with Crippen LogP contribution in [0.1, 0.15) is 37.7 Å². The minimum atomic E-state index is -1.24. The summed E-state index contributed by atoms with van der Waals surface area (Å²) >= 11 is 0. The zero-order chi connectivity index (χ0) is 23.2. The van der Waals surface area contributed by atoms with Crippen LogP contribution in [0.15, 0.2) is 35.3 Å². The smallest absolute Gasteiger partial charge is 0.328 e. The Bertz CT molecular complexity index is 780. The first-order valence-electron chi connectivity index (χ1n) is 9.70. The van der Waals surface area contributed by atoms with E-state index in [1.165, 1.54) is 7.11 Å². The highest BCUT2D eigenvalue weighted by Crippen LogP contribution is 2.11. The third-order valence-corrected chi connectivity index (χ3v) is 4.28. The quantitative estimate of drug-likeness (QED) is 0.0778. The number of hydrazine groups is 1. The minimum absolute atomic E-state index is 0.0655. The van der Waals surface area contributed by atoms with Crippen molar-refractivity contribution in [2.45, 2.75) is 44.7 Å². The Kier molecular flexibility index (Phi) is 11.3. The van der Waals surface area contributed by atoms with E-state index in [0.29, 0.717) is 6.42 Å². The number of guanidine groups is 1. The van der Waals surface area contributed by atoms with Crippen molar-refractivity contribution in [3.8, 4) is 0 Å². The normalized spacial score (nSPS) is 11.3. The lowest BCUT2D eigenvalue weighted by atomic mass is 10.1. The fourth-order valence-electron chi connectivity index (χ4n) is 2.69. The van der Waals surface area contributed by atoms with E-state index in [2.05, 4.69) is 15.2 Å². The second-order valence-corrected chi connectivity index (χ2v) is 6.68. The topological polar surface area (TPSA) is 177 Å². The van der Waals surface area contributed by atoms with Crippen molar-refractivity contribution in [2.24, 2.45) is 16.5 Å². The van der Waals surface area contributed by atoms with Crippen LogP contribution in [0.3, 0.4) is 0 Å². The summed E-state index contributed by atoms with van der Waals surface area (Å²) in [5.41, 5.74) is 14.2. The number of ether oxygens (including phenoxy) is 1. The van der Waals surface area contributed by atoms with Crippen molar-refractivity contribution >= 4 is 29.6 Å². The molecule has 0 bridgehead atoms. The Labute approximate surface area is 180 Å². The number of amides is 1. The Morgan fingerprint density at radius 1 is 1.16 bits per heavy atom. The van der Waals surface area contributed by atoms with E-state index in [9.17, 15) is 24.3 Å². The summed E-state index contributed by atoms with van der Waals surface area (Å²) < 4.78 is 4.48. The molecule has 0 aliphatic rings. The zero-order valence-electron chi connectivity index (χ0n) is 17.5. The molecule has 6 N–H and O–H groups in total. The molecule has 0 saturated carbocycles. The van der Waals surface area contributed by atoms with Crippen molar-refractivity contribution in [3.05, 3.63) is 35.9 Å². The average molecular weight is 435 g/mol. The number of benzene rings is 1. The van der Waals surface area contributed by atoms with Crippen LogP contribution in [-0.2, 0) is 30.5 Å². The van der Waals surface area contributed by atoms with E-state index in [0.717, 1.165) is 10.6 Å². The molecule has 0 aliphatic carbocycles. The second-order valence-electron chi connectivity index (χ2n) is 6.68. The van der Waals surface area contributed by atoms with Gasteiger partial charge in [0.05, 0.1) is 20.0 Å². The fraction of sp³-hybridized carbons (Fsp3) is 0.450. The Hall–Kier alpha value is -3.47. The van der Waals surface area contributed by atoms with Gasteiger partial charge in [-0.2, -0.15) is 0 Å². The number of nitrogens with one attached hydrogen (secondary N) is 1. The number of nitrogens with two attached hydrogens (primary N) is 2. The van der Waals surface area contributed by atoms with E-state index < -0.39 is 36.1 Å². The van der Waals surface area contributed by atoms with Crippen molar-refractivity contribution in [1.29, 1.82) is 0 Å². The second kappa shape index (κ2) is 13.7. The number of carboxylic acids is 1. The Morgan fingerprint density at radius 3 is 2.42 bits per heavy atom. The first kappa shape index (κ1) is 25.6.